The van der Waals surface area contributed by atoms with Crippen LogP contribution in [0.4, 0.5) is 0 Å². The van der Waals surface area contributed by atoms with Crippen molar-refractivity contribution in [3.8, 4) is 0 Å². The molecule has 0 aromatic carbocycles. The second-order valence-electron chi connectivity index (χ2n) is 7.12. The lowest BCUT2D eigenvalue weighted by Crippen LogP contribution is -2.37. The van der Waals surface area contributed by atoms with Gasteiger partial charge in [0.2, 0.25) is 5.89 Å². The van der Waals surface area contributed by atoms with E-state index in [4.69, 9.17) is 9.26 Å². The maximum atomic E-state index is 5.52. The SMILES string of the molecule is CC1=CCC[C@H](C)[C@@H]1CN[C@H](c1nc(C)no1)C1CCOCC1. The number of nitrogens with one attached hydrogen (secondary N) is 1. The maximum absolute atomic E-state index is 5.52. The van der Waals surface area contributed by atoms with Crippen LogP contribution in [-0.4, -0.2) is 29.9 Å². The van der Waals surface area contributed by atoms with Gasteiger partial charge >= 0.3 is 0 Å². The zero-order chi connectivity index (χ0) is 16.2. The first kappa shape index (κ1) is 16.7. The van der Waals surface area contributed by atoms with Gasteiger partial charge < -0.3 is 14.6 Å². The lowest BCUT2D eigenvalue weighted by molar-refractivity contribution is 0.0479. The molecule has 2 aliphatic rings. The van der Waals surface area contributed by atoms with Gasteiger partial charge in [0.25, 0.3) is 0 Å². The Morgan fingerprint density at radius 1 is 1.26 bits per heavy atom. The summed E-state index contributed by atoms with van der Waals surface area (Å²) in [5.74, 6) is 3.29. The topological polar surface area (TPSA) is 60.2 Å². The Bertz CT molecular complexity index is 534. The van der Waals surface area contributed by atoms with Crippen LogP contribution in [0.25, 0.3) is 0 Å². The normalized spacial score (nSPS) is 27.7. The zero-order valence-corrected chi connectivity index (χ0v) is 14.5. The number of rotatable bonds is 5. The quantitative estimate of drug-likeness (QED) is 0.843. The first-order chi connectivity index (χ1) is 11.1. The van der Waals surface area contributed by atoms with Crippen LogP contribution in [0.2, 0.25) is 0 Å². The number of ether oxygens (including phenoxy) is 1. The molecule has 23 heavy (non-hydrogen) atoms. The second kappa shape index (κ2) is 7.58. The molecule has 0 radical (unpaired) electrons. The summed E-state index contributed by atoms with van der Waals surface area (Å²) < 4.78 is 11.0. The molecule has 0 spiro atoms. The fourth-order valence-corrected chi connectivity index (χ4v) is 3.94. The Kier molecular flexibility index (Phi) is 5.49. The molecular formula is C18H29N3O2. The fourth-order valence-electron chi connectivity index (χ4n) is 3.94. The Morgan fingerprint density at radius 2 is 2.04 bits per heavy atom. The van der Waals surface area contributed by atoms with E-state index in [1.807, 2.05) is 6.92 Å². The standard InChI is InChI=1S/C18H29N3O2/c1-12-5-4-6-13(2)16(12)11-19-17(15-7-9-22-10-8-15)18-20-14(3)21-23-18/h5,13,15-17,19H,4,6-11H2,1-3H3/t13-,16+,17-/m0/s1. The monoisotopic (exact) mass is 319 g/mol. The number of hydrogen-bond acceptors (Lipinski definition) is 5. The van der Waals surface area contributed by atoms with Crippen molar-refractivity contribution in [3.63, 3.8) is 0 Å². The molecule has 0 bridgehead atoms. The number of aryl methyl sites for hydroxylation is 1. The third-order valence-corrected chi connectivity index (χ3v) is 5.46. The lowest BCUT2D eigenvalue weighted by Gasteiger charge is -2.33. The van der Waals surface area contributed by atoms with Crippen LogP contribution < -0.4 is 5.32 Å². The van der Waals surface area contributed by atoms with Gasteiger partial charge in [0.05, 0.1) is 6.04 Å². The van der Waals surface area contributed by atoms with Gasteiger partial charge in [0.1, 0.15) is 0 Å². The van der Waals surface area contributed by atoms with Gasteiger partial charge in [0, 0.05) is 19.8 Å². The number of nitrogens with zero attached hydrogens (tertiary/aromatic N) is 2. The Balaban J connectivity index is 1.70. The van der Waals surface area contributed by atoms with E-state index in [0.29, 0.717) is 17.7 Å². The first-order valence-electron chi connectivity index (χ1n) is 8.93. The molecule has 1 aromatic rings. The van der Waals surface area contributed by atoms with Gasteiger partial charge in [-0.3, -0.25) is 0 Å². The van der Waals surface area contributed by atoms with E-state index >= 15 is 0 Å². The summed E-state index contributed by atoms with van der Waals surface area (Å²) in [5.41, 5.74) is 1.52. The van der Waals surface area contributed by atoms with Crippen molar-refractivity contribution in [2.45, 2.75) is 52.5 Å². The van der Waals surface area contributed by atoms with E-state index < -0.39 is 0 Å². The van der Waals surface area contributed by atoms with Crippen molar-refractivity contribution < 1.29 is 9.26 Å². The van der Waals surface area contributed by atoms with Crippen molar-refractivity contribution in [3.05, 3.63) is 23.4 Å². The highest BCUT2D eigenvalue weighted by Crippen LogP contribution is 2.33. The molecule has 0 saturated carbocycles. The van der Waals surface area contributed by atoms with Gasteiger partial charge in [-0.15, -0.1) is 0 Å². The van der Waals surface area contributed by atoms with Crippen LogP contribution in [0, 0.1) is 24.7 Å². The summed E-state index contributed by atoms with van der Waals surface area (Å²) in [6.45, 7) is 9.14. The van der Waals surface area contributed by atoms with Crippen LogP contribution in [0.3, 0.4) is 0 Å². The molecule has 1 aromatic heterocycles. The number of hydrogen-bond donors (Lipinski definition) is 1. The van der Waals surface area contributed by atoms with Crippen LogP contribution in [0.5, 0.6) is 0 Å². The van der Waals surface area contributed by atoms with Crippen LogP contribution >= 0.6 is 0 Å². The average Bonchev–Trinajstić information content (AvgIpc) is 2.97. The minimum atomic E-state index is 0.141. The number of aromatic nitrogens is 2. The maximum Gasteiger partial charge on any atom is 0.244 e. The van der Waals surface area contributed by atoms with E-state index in [1.165, 1.54) is 18.4 Å². The van der Waals surface area contributed by atoms with Gasteiger partial charge in [-0.25, -0.2) is 0 Å². The lowest BCUT2D eigenvalue weighted by atomic mass is 9.79. The second-order valence-corrected chi connectivity index (χ2v) is 7.12. The summed E-state index contributed by atoms with van der Waals surface area (Å²) in [5, 5.41) is 7.75. The third-order valence-electron chi connectivity index (χ3n) is 5.46. The molecule has 5 heteroatoms. The van der Waals surface area contributed by atoms with Crippen molar-refractivity contribution in [1.29, 1.82) is 0 Å². The van der Waals surface area contributed by atoms with E-state index in [0.717, 1.165) is 44.4 Å². The van der Waals surface area contributed by atoms with Crippen molar-refractivity contribution in [2.24, 2.45) is 17.8 Å². The molecular weight excluding hydrogens is 290 g/mol. The van der Waals surface area contributed by atoms with Crippen molar-refractivity contribution in [1.82, 2.24) is 15.5 Å². The van der Waals surface area contributed by atoms with Gasteiger partial charge in [-0.1, -0.05) is 23.7 Å². The highest BCUT2D eigenvalue weighted by Gasteiger charge is 2.31. The van der Waals surface area contributed by atoms with Gasteiger partial charge in [-0.05, 0) is 57.3 Å². The number of allylic oxidation sites excluding steroid dienone is 1. The van der Waals surface area contributed by atoms with Crippen LogP contribution in [0.1, 0.15) is 57.3 Å². The van der Waals surface area contributed by atoms with E-state index in [9.17, 15) is 0 Å². The molecule has 1 aliphatic heterocycles. The molecule has 0 amide bonds. The zero-order valence-electron chi connectivity index (χ0n) is 14.5. The molecule has 1 saturated heterocycles. The molecule has 1 N–H and O–H groups in total. The summed E-state index contributed by atoms with van der Waals surface area (Å²) in [7, 11) is 0. The fraction of sp³-hybridized carbons (Fsp3) is 0.778. The molecule has 1 aliphatic carbocycles. The molecule has 3 atom stereocenters. The highest BCUT2D eigenvalue weighted by atomic mass is 16.5. The minimum absolute atomic E-state index is 0.141. The van der Waals surface area contributed by atoms with Crippen molar-refractivity contribution in [2.75, 3.05) is 19.8 Å². The van der Waals surface area contributed by atoms with E-state index in [1.54, 1.807) is 0 Å². The summed E-state index contributed by atoms with van der Waals surface area (Å²) in [6.07, 6.45) is 7.00. The Labute approximate surface area is 138 Å². The summed E-state index contributed by atoms with van der Waals surface area (Å²) in [6, 6.07) is 0.141. The molecule has 3 rings (SSSR count). The Hall–Kier alpha value is -1.20. The van der Waals surface area contributed by atoms with E-state index in [-0.39, 0.29) is 6.04 Å². The smallest absolute Gasteiger partial charge is 0.244 e. The molecule has 1 fully saturated rings. The third kappa shape index (κ3) is 4.01. The summed E-state index contributed by atoms with van der Waals surface area (Å²) in [4.78, 5) is 4.49. The predicted octanol–water partition coefficient (Wildman–Crippen LogP) is 3.43. The van der Waals surface area contributed by atoms with Crippen molar-refractivity contribution >= 4 is 0 Å². The average molecular weight is 319 g/mol. The van der Waals surface area contributed by atoms with Gasteiger partial charge in [0.15, 0.2) is 5.82 Å². The van der Waals surface area contributed by atoms with Gasteiger partial charge in [-0.2, -0.15) is 4.98 Å². The predicted molar refractivity (Wildman–Crippen MR) is 89.0 cm³/mol. The summed E-state index contributed by atoms with van der Waals surface area (Å²) >= 11 is 0. The Morgan fingerprint density at radius 3 is 2.70 bits per heavy atom. The van der Waals surface area contributed by atoms with Crippen LogP contribution in [-0.2, 0) is 4.74 Å². The largest absolute Gasteiger partial charge is 0.381 e. The first-order valence-corrected chi connectivity index (χ1v) is 8.93. The molecule has 0 unspecified atom stereocenters. The van der Waals surface area contributed by atoms with Crippen LogP contribution in [0.15, 0.2) is 16.2 Å². The molecule has 2 heterocycles. The molecule has 128 valence electrons. The minimum Gasteiger partial charge on any atom is -0.381 e. The highest BCUT2D eigenvalue weighted by molar-refractivity contribution is 5.10. The molecule has 5 nitrogen and oxygen atoms in total. The van der Waals surface area contributed by atoms with E-state index in [2.05, 4.69) is 35.4 Å².